The van der Waals surface area contributed by atoms with E-state index in [1.54, 1.807) is 4.68 Å². The third kappa shape index (κ3) is 3.68. The molecule has 0 radical (unpaired) electrons. The fraction of sp³-hybridized carbons (Fsp3) is 0.375. The van der Waals surface area contributed by atoms with Crippen LogP contribution in [0.4, 0.5) is 4.39 Å². The Balaban J connectivity index is 2.45. The van der Waals surface area contributed by atoms with Gasteiger partial charge in [0.25, 0.3) is 0 Å². The van der Waals surface area contributed by atoms with E-state index in [1.165, 1.54) is 12.1 Å². The molecule has 0 fully saturated rings. The van der Waals surface area contributed by atoms with E-state index in [0.29, 0.717) is 30.8 Å². The first kappa shape index (κ1) is 17.0. The number of halogens is 1. The van der Waals surface area contributed by atoms with Crippen molar-refractivity contribution in [3.05, 3.63) is 41.0 Å². The summed E-state index contributed by atoms with van der Waals surface area (Å²) in [6.07, 6.45) is 1.26. The molecule has 0 spiro atoms. The number of carbonyl (C=O) groups excluding carboxylic acids is 1. The molecular weight excluding hydrogens is 301 g/mol. The maximum Gasteiger partial charge on any atom is 0.248 e. The third-order valence-corrected chi connectivity index (χ3v) is 3.43. The fourth-order valence-corrected chi connectivity index (χ4v) is 2.39. The Bertz CT molecular complexity index is 713. The second-order valence-corrected chi connectivity index (χ2v) is 5.02. The molecular formula is C16H20FN3O3. The lowest BCUT2D eigenvalue weighted by molar-refractivity contribution is 0.0999. The number of rotatable bonds is 7. The molecule has 1 aromatic carbocycles. The number of nitrogens with two attached hydrogens (primary N) is 1. The Morgan fingerprint density at radius 1 is 1.35 bits per heavy atom. The van der Waals surface area contributed by atoms with Crippen molar-refractivity contribution in [2.45, 2.75) is 33.2 Å². The highest BCUT2D eigenvalue weighted by molar-refractivity contribution is 5.93. The van der Waals surface area contributed by atoms with Gasteiger partial charge in [-0.25, -0.2) is 4.39 Å². The third-order valence-electron chi connectivity index (χ3n) is 3.43. The van der Waals surface area contributed by atoms with Gasteiger partial charge >= 0.3 is 0 Å². The van der Waals surface area contributed by atoms with Gasteiger partial charge in [0, 0.05) is 11.6 Å². The van der Waals surface area contributed by atoms with Crippen LogP contribution >= 0.6 is 0 Å². The normalized spacial score (nSPS) is 10.8. The minimum atomic E-state index is -0.725. The minimum absolute atomic E-state index is 0.0386. The van der Waals surface area contributed by atoms with Crippen LogP contribution in [0.25, 0.3) is 0 Å². The minimum Gasteiger partial charge on any atom is -0.453 e. The van der Waals surface area contributed by atoms with E-state index in [-0.39, 0.29) is 17.9 Å². The van der Waals surface area contributed by atoms with Gasteiger partial charge in [0.15, 0.2) is 5.75 Å². The summed E-state index contributed by atoms with van der Waals surface area (Å²) in [5, 5.41) is 13.5. The van der Waals surface area contributed by atoms with Crippen molar-refractivity contribution >= 4 is 5.91 Å². The first-order valence-electron chi connectivity index (χ1n) is 7.47. The van der Waals surface area contributed by atoms with Crippen LogP contribution in [0.15, 0.2) is 18.2 Å². The van der Waals surface area contributed by atoms with Crippen LogP contribution in [0.5, 0.6) is 11.5 Å². The summed E-state index contributed by atoms with van der Waals surface area (Å²) < 4.78 is 21.1. The lowest BCUT2D eigenvalue weighted by atomic mass is 10.2. The summed E-state index contributed by atoms with van der Waals surface area (Å²) in [5.41, 5.74) is 6.75. The Morgan fingerprint density at radius 3 is 2.65 bits per heavy atom. The molecule has 0 atom stereocenters. The summed E-state index contributed by atoms with van der Waals surface area (Å²) in [7, 11) is 0. The molecule has 0 aliphatic rings. The number of nitrogens with zero attached hydrogens (tertiary/aromatic N) is 2. The van der Waals surface area contributed by atoms with Crippen molar-refractivity contribution in [2.24, 2.45) is 5.73 Å². The predicted molar refractivity (Wildman–Crippen MR) is 83.1 cm³/mol. The van der Waals surface area contributed by atoms with Crippen molar-refractivity contribution in [1.82, 2.24) is 9.78 Å². The molecule has 0 unspecified atom stereocenters. The first-order valence-corrected chi connectivity index (χ1v) is 7.47. The van der Waals surface area contributed by atoms with Crippen molar-refractivity contribution in [2.75, 3.05) is 6.61 Å². The molecule has 6 nitrogen and oxygen atoms in total. The van der Waals surface area contributed by atoms with Gasteiger partial charge in [0.05, 0.1) is 18.8 Å². The SMILES string of the molecule is CCc1nn(CCO)c(CC)c1Oc1cc(F)cc(C(N)=O)c1. The molecule has 0 saturated carbocycles. The van der Waals surface area contributed by atoms with E-state index in [2.05, 4.69) is 5.10 Å². The second-order valence-electron chi connectivity index (χ2n) is 5.02. The van der Waals surface area contributed by atoms with E-state index in [1.807, 2.05) is 13.8 Å². The van der Waals surface area contributed by atoms with E-state index < -0.39 is 11.7 Å². The summed E-state index contributed by atoms with van der Waals surface area (Å²) in [5.74, 6) is -0.608. The van der Waals surface area contributed by atoms with Crippen LogP contribution in [0.2, 0.25) is 0 Å². The Morgan fingerprint density at radius 2 is 2.09 bits per heavy atom. The van der Waals surface area contributed by atoms with Crippen molar-refractivity contribution < 1.29 is 19.0 Å². The summed E-state index contributed by atoms with van der Waals surface area (Å²) >= 11 is 0. The number of aliphatic hydroxyl groups is 1. The molecule has 1 aromatic heterocycles. The summed E-state index contributed by atoms with van der Waals surface area (Å²) in [6, 6.07) is 3.65. The molecule has 2 rings (SSSR count). The molecule has 0 saturated heterocycles. The highest BCUT2D eigenvalue weighted by Gasteiger charge is 2.18. The molecule has 1 heterocycles. The number of aryl methyl sites for hydroxylation is 1. The number of hydrogen-bond acceptors (Lipinski definition) is 4. The zero-order valence-corrected chi connectivity index (χ0v) is 13.2. The van der Waals surface area contributed by atoms with Gasteiger partial charge in [-0.15, -0.1) is 0 Å². The summed E-state index contributed by atoms with van der Waals surface area (Å²) in [6.45, 7) is 4.19. The van der Waals surface area contributed by atoms with Crippen molar-refractivity contribution in [3.8, 4) is 11.5 Å². The van der Waals surface area contributed by atoms with Gasteiger partial charge in [-0.1, -0.05) is 13.8 Å². The maximum absolute atomic E-state index is 13.6. The maximum atomic E-state index is 13.6. The topological polar surface area (TPSA) is 90.4 Å². The highest BCUT2D eigenvalue weighted by atomic mass is 19.1. The van der Waals surface area contributed by atoms with Crippen LogP contribution in [-0.2, 0) is 19.4 Å². The number of hydrogen-bond donors (Lipinski definition) is 2. The van der Waals surface area contributed by atoms with Gasteiger partial charge in [0.1, 0.15) is 17.3 Å². The molecule has 23 heavy (non-hydrogen) atoms. The van der Waals surface area contributed by atoms with E-state index in [4.69, 9.17) is 15.6 Å². The average molecular weight is 321 g/mol. The van der Waals surface area contributed by atoms with Gasteiger partial charge in [-0.05, 0) is 25.0 Å². The smallest absolute Gasteiger partial charge is 0.248 e. The van der Waals surface area contributed by atoms with Crippen LogP contribution in [0.3, 0.4) is 0 Å². The molecule has 7 heteroatoms. The lowest BCUT2D eigenvalue weighted by Gasteiger charge is -2.10. The standard InChI is InChI=1S/C16H20FN3O3/c1-3-13-15(14(4-2)20(19-13)5-6-21)23-12-8-10(16(18)22)7-11(17)9-12/h7-9,21H,3-6H2,1-2H3,(H2,18,22). The Kier molecular flexibility index (Phi) is 5.33. The number of benzene rings is 1. The molecule has 3 N–H and O–H groups in total. The first-order chi connectivity index (χ1) is 11.0. The van der Waals surface area contributed by atoms with Crippen molar-refractivity contribution in [1.29, 1.82) is 0 Å². The number of aromatic nitrogens is 2. The Labute approximate surface area is 133 Å². The second kappa shape index (κ2) is 7.23. The zero-order chi connectivity index (χ0) is 17.0. The molecule has 0 aliphatic heterocycles. The number of primary amides is 1. The number of ether oxygens (including phenoxy) is 1. The monoisotopic (exact) mass is 321 g/mol. The van der Waals surface area contributed by atoms with Crippen molar-refractivity contribution in [3.63, 3.8) is 0 Å². The molecule has 0 aliphatic carbocycles. The molecule has 2 aromatic rings. The van der Waals surface area contributed by atoms with E-state index in [0.717, 1.165) is 11.8 Å². The zero-order valence-electron chi connectivity index (χ0n) is 13.2. The molecule has 1 amide bonds. The molecule has 0 bridgehead atoms. The summed E-state index contributed by atoms with van der Waals surface area (Å²) in [4.78, 5) is 11.2. The number of aliphatic hydroxyl groups excluding tert-OH is 1. The Hall–Kier alpha value is -2.41. The lowest BCUT2D eigenvalue weighted by Crippen LogP contribution is -2.11. The van der Waals surface area contributed by atoms with E-state index >= 15 is 0 Å². The largest absolute Gasteiger partial charge is 0.453 e. The predicted octanol–water partition coefficient (Wildman–Crippen LogP) is 2.03. The van der Waals surface area contributed by atoms with Crippen LogP contribution in [0.1, 0.15) is 35.6 Å². The van der Waals surface area contributed by atoms with Crippen LogP contribution in [0, 0.1) is 5.82 Å². The number of carbonyl (C=O) groups is 1. The van der Waals surface area contributed by atoms with E-state index in [9.17, 15) is 9.18 Å². The van der Waals surface area contributed by atoms with Gasteiger partial charge in [-0.3, -0.25) is 9.48 Å². The van der Waals surface area contributed by atoms with Gasteiger partial charge < -0.3 is 15.6 Å². The average Bonchev–Trinajstić information content (AvgIpc) is 2.83. The van der Waals surface area contributed by atoms with Crippen LogP contribution < -0.4 is 10.5 Å². The van der Waals surface area contributed by atoms with Gasteiger partial charge in [0.2, 0.25) is 5.91 Å². The van der Waals surface area contributed by atoms with Gasteiger partial charge in [-0.2, -0.15) is 5.10 Å². The van der Waals surface area contributed by atoms with Crippen LogP contribution in [-0.4, -0.2) is 27.4 Å². The fourth-order valence-electron chi connectivity index (χ4n) is 2.39. The highest BCUT2D eigenvalue weighted by Crippen LogP contribution is 2.31. The quantitative estimate of drug-likeness (QED) is 0.816. The number of amides is 1. The molecule has 124 valence electrons.